The summed E-state index contributed by atoms with van der Waals surface area (Å²) < 4.78 is 11.1. The molecule has 1 fully saturated rings. The number of allylic oxidation sites excluding steroid dienone is 6. The van der Waals surface area contributed by atoms with Crippen molar-refractivity contribution in [2.24, 2.45) is 0 Å². The van der Waals surface area contributed by atoms with Gasteiger partial charge in [-0.25, -0.2) is 0 Å². The molecule has 1 aliphatic rings. The zero-order chi connectivity index (χ0) is 48.3. The van der Waals surface area contributed by atoms with Gasteiger partial charge in [-0.1, -0.05) is 211 Å². The van der Waals surface area contributed by atoms with Crippen molar-refractivity contribution in [3.63, 3.8) is 0 Å². The van der Waals surface area contributed by atoms with Gasteiger partial charge in [0, 0.05) is 0 Å². The van der Waals surface area contributed by atoms with E-state index < -0.39 is 74.2 Å². The van der Waals surface area contributed by atoms with Crippen LogP contribution >= 0.6 is 0 Å². The van der Waals surface area contributed by atoms with Gasteiger partial charge in [0.1, 0.15) is 36.6 Å². The molecule has 66 heavy (non-hydrogen) atoms. The van der Waals surface area contributed by atoms with Crippen LogP contribution in [0.1, 0.15) is 239 Å². The molecule has 1 amide bonds. The number of carbonyl (C=O) groups is 1. The largest absolute Gasteiger partial charge is 0.394 e. The van der Waals surface area contributed by atoms with Gasteiger partial charge in [0.15, 0.2) is 6.29 Å². The van der Waals surface area contributed by atoms with E-state index in [9.17, 15) is 40.5 Å². The number of rotatable bonds is 46. The van der Waals surface area contributed by atoms with Crippen LogP contribution < -0.4 is 5.32 Å². The summed E-state index contributed by atoms with van der Waals surface area (Å²) in [7, 11) is 0. The Morgan fingerprint density at radius 2 is 0.909 bits per heavy atom. The highest BCUT2D eigenvalue weighted by atomic mass is 16.7. The SMILES string of the molecule is CCCCCCCCCCCCC/C=C/CC/C=C/CC/C=C/CCCC(O)C(O)C(COC1OC(CO)C(O)C(O)C1O)NC(=O)C(O)CCCCCCCCCCCCCCCCC. The predicted octanol–water partition coefficient (Wildman–Crippen LogP) is 10.7. The highest BCUT2D eigenvalue weighted by Crippen LogP contribution is 2.23. The van der Waals surface area contributed by atoms with E-state index in [0.717, 1.165) is 44.9 Å². The van der Waals surface area contributed by atoms with Crippen LogP contribution in [0.15, 0.2) is 36.5 Å². The smallest absolute Gasteiger partial charge is 0.249 e. The lowest BCUT2D eigenvalue weighted by Crippen LogP contribution is -2.60. The Morgan fingerprint density at radius 3 is 1.35 bits per heavy atom. The first-order valence-electron chi connectivity index (χ1n) is 27.4. The molecule has 8 N–H and O–H groups in total. The summed E-state index contributed by atoms with van der Waals surface area (Å²) >= 11 is 0. The maximum atomic E-state index is 13.1. The monoisotopic (exact) mass is 938 g/mol. The Balaban J connectivity index is 2.38. The molecule has 0 radical (unpaired) electrons. The molecule has 11 nitrogen and oxygen atoms in total. The van der Waals surface area contributed by atoms with Gasteiger partial charge >= 0.3 is 0 Å². The Hall–Kier alpha value is -1.67. The fourth-order valence-corrected chi connectivity index (χ4v) is 8.65. The highest BCUT2D eigenvalue weighted by Gasteiger charge is 2.44. The summed E-state index contributed by atoms with van der Waals surface area (Å²) in [6.07, 6.45) is 42.0. The second kappa shape index (κ2) is 44.5. The number of nitrogens with one attached hydrogen (secondary N) is 1. The summed E-state index contributed by atoms with van der Waals surface area (Å²) in [4.78, 5) is 13.1. The molecule has 1 aliphatic heterocycles. The Morgan fingerprint density at radius 1 is 0.515 bits per heavy atom. The number of carbonyl (C=O) groups excluding carboxylic acids is 1. The van der Waals surface area contributed by atoms with E-state index >= 15 is 0 Å². The van der Waals surface area contributed by atoms with Crippen molar-refractivity contribution < 1.29 is 50.0 Å². The predicted molar refractivity (Wildman–Crippen MR) is 270 cm³/mol. The third-order valence-electron chi connectivity index (χ3n) is 13.2. The van der Waals surface area contributed by atoms with Gasteiger partial charge < -0.3 is 50.5 Å². The van der Waals surface area contributed by atoms with Crippen molar-refractivity contribution in [3.05, 3.63) is 36.5 Å². The lowest BCUT2D eigenvalue weighted by molar-refractivity contribution is -0.303. The standard InChI is InChI=1S/C55H103NO10/c1-3-5-7-9-11-13-15-17-19-20-21-22-23-24-25-26-27-29-30-32-34-36-38-40-42-47(58)50(60)46(45-65-55-53(63)52(62)51(61)49(44-57)66-55)56-54(64)48(59)43-41-39-37-35-33-31-28-18-16-14-12-10-8-6-4-2/h23-24,27,29,34,36,46-53,55,57-63H,3-22,25-26,28,30-33,35,37-45H2,1-2H3,(H,56,64)/b24-23+,29-27+,36-34+. The van der Waals surface area contributed by atoms with Crippen LogP contribution in [0.3, 0.4) is 0 Å². The van der Waals surface area contributed by atoms with Gasteiger partial charge in [0.05, 0.1) is 25.4 Å². The molecule has 0 aromatic carbocycles. The van der Waals surface area contributed by atoms with Crippen LogP contribution in [-0.2, 0) is 14.3 Å². The molecule has 0 aromatic heterocycles. The van der Waals surface area contributed by atoms with Crippen molar-refractivity contribution >= 4 is 5.91 Å². The average molecular weight is 938 g/mol. The normalized spacial score (nSPS) is 21.0. The summed E-state index contributed by atoms with van der Waals surface area (Å²) in [5.41, 5.74) is 0. The van der Waals surface area contributed by atoms with E-state index in [2.05, 4.69) is 55.6 Å². The average Bonchev–Trinajstić information content (AvgIpc) is 3.32. The minimum Gasteiger partial charge on any atom is -0.394 e. The van der Waals surface area contributed by atoms with Gasteiger partial charge in [0.25, 0.3) is 0 Å². The molecule has 1 saturated heterocycles. The van der Waals surface area contributed by atoms with Crippen LogP contribution in [0.4, 0.5) is 0 Å². The molecular formula is C55H103NO10. The molecule has 0 aromatic rings. The van der Waals surface area contributed by atoms with Crippen LogP contribution in [0.5, 0.6) is 0 Å². The van der Waals surface area contributed by atoms with Crippen LogP contribution in [-0.4, -0.2) is 110 Å². The summed E-state index contributed by atoms with van der Waals surface area (Å²) in [6.45, 7) is 3.44. The fourth-order valence-electron chi connectivity index (χ4n) is 8.65. The number of aliphatic hydroxyl groups excluding tert-OH is 7. The molecular weight excluding hydrogens is 835 g/mol. The number of hydrogen-bond donors (Lipinski definition) is 8. The highest BCUT2D eigenvalue weighted by molar-refractivity contribution is 5.80. The Kier molecular flexibility index (Phi) is 42.1. The molecule has 9 unspecified atom stereocenters. The van der Waals surface area contributed by atoms with Gasteiger partial charge in [-0.05, 0) is 64.2 Å². The molecule has 11 heteroatoms. The lowest BCUT2D eigenvalue weighted by atomic mass is 9.98. The second-order valence-electron chi connectivity index (χ2n) is 19.3. The topological polar surface area (TPSA) is 189 Å². The van der Waals surface area contributed by atoms with E-state index in [1.807, 2.05) is 0 Å². The number of aliphatic hydroxyl groups is 7. The van der Waals surface area contributed by atoms with Crippen LogP contribution in [0, 0.1) is 0 Å². The first-order valence-corrected chi connectivity index (χ1v) is 27.4. The number of unbranched alkanes of at least 4 members (excludes halogenated alkanes) is 28. The summed E-state index contributed by atoms with van der Waals surface area (Å²) in [6, 6.07) is -1.19. The van der Waals surface area contributed by atoms with Crippen LogP contribution in [0.2, 0.25) is 0 Å². The lowest BCUT2D eigenvalue weighted by Gasteiger charge is -2.40. The van der Waals surface area contributed by atoms with Crippen LogP contribution in [0.25, 0.3) is 0 Å². The third kappa shape index (κ3) is 33.0. The van der Waals surface area contributed by atoms with E-state index in [1.54, 1.807) is 0 Å². The van der Waals surface area contributed by atoms with Gasteiger partial charge in [-0.15, -0.1) is 0 Å². The zero-order valence-corrected chi connectivity index (χ0v) is 42.2. The van der Waals surface area contributed by atoms with E-state index in [1.165, 1.54) is 148 Å². The van der Waals surface area contributed by atoms with Gasteiger partial charge in [0.2, 0.25) is 5.91 Å². The van der Waals surface area contributed by atoms with Crippen molar-refractivity contribution in [2.45, 2.75) is 294 Å². The van der Waals surface area contributed by atoms with Crippen molar-refractivity contribution in [3.8, 4) is 0 Å². The fraction of sp³-hybridized carbons (Fsp3) is 0.873. The summed E-state index contributed by atoms with van der Waals surface area (Å²) in [5, 5.41) is 75.9. The molecule has 0 aliphatic carbocycles. The van der Waals surface area contributed by atoms with Crippen molar-refractivity contribution in [2.75, 3.05) is 13.2 Å². The van der Waals surface area contributed by atoms with E-state index in [0.29, 0.717) is 19.3 Å². The Bertz CT molecular complexity index is 1170. The van der Waals surface area contributed by atoms with Crippen molar-refractivity contribution in [1.29, 1.82) is 0 Å². The summed E-state index contributed by atoms with van der Waals surface area (Å²) in [5.74, 6) is -0.711. The Labute approximate surface area is 403 Å². The minimum atomic E-state index is -1.67. The maximum Gasteiger partial charge on any atom is 0.249 e. The molecule has 0 spiro atoms. The molecule has 1 rings (SSSR count). The van der Waals surface area contributed by atoms with Crippen molar-refractivity contribution in [1.82, 2.24) is 5.32 Å². The molecule has 388 valence electrons. The molecule has 0 bridgehead atoms. The minimum absolute atomic E-state index is 0.242. The quantitative estimate of drug-likeness (QED) is 0.0215. The maximum absolute atomic E-state index is 13.1. The molecule has 0 saturated carbocycles. The van der Waals surface area contributed by atoms with E-state index in [4.69, 9.17) is 9.47 Å². The first kappa shape index (κ1) is 62.3. The second-order valence-corrected chi connectivity index (χ2v) is 19.3. The number of hydrogen-bond acceptors (Lipinski definition) is 10. The zero-order valence-electron chi connectivity index (χ0n) is 42.2. The number of amides is 1. The third-order valence-corrected chi connectivity index (χ3v) is 13.2. The van der Waals surface area contributed by atoms with E-state index in [-0.39, 0.29) is 12.8 Å². The molecule has 9 atom stereocenters. The number of ether oxygens (including phenoxy) is 2. The first-order chi connectivity index (χ1) is 32.2. The van der Waals surface area contributed by atoms with Gasteiger partial charge in [-0.2, -0.15) is 0 Å². The molecule has 1 heterocycles. The van der Waals surface area contributed by atoms with Gasteiger partial charge in [-0.3, -0.25) is 4.79 Å².